The lowest BCUT2D eigenvalue weighted by Crippen LogP contribution is -2.00. The van der Waals surface area contributed by atoms with E-state index in [9.17, 15) is 4.79 Å². The average molecular weight is 243 g/mol. The van der Waals surface area contributed by atoms with Gasteiger partial charge in [-0.3, -0.25) is 4.79 Å². The molecule has 0 bridgehead atoms. The van der Waals surface area contributed by atoms with E-state index in [1.54, 1.807) is 7.11 Å². The van der Waals surface area contributed by atoms with Crippen LogP contribution < -0.4 is 10.5 Å². The quantitative estimate of drug-likeness (QED) is 0.832. The molecular formula is C13H13N3O2. The third kappa shape index (κ3) is 2.15. The fraction of sp³-hybridized carbons (Fsp3) is 0.154. The normalized spacial score (nSPS) is 10.1. The maximum atomic E-state index is 10.6. The van der Waals surface area contributed by atoms with E-state index in [0.717, 1.165) is 16.9 Å². The topological polar surface area (TPSA) is 78.1 Å². The first-order valence-corrected chi connectivity index (χ1v) is 5.38. The van der Waals surface area contributed by atoms with Crippen LogP contribution in [0.25, 0.3) is 11.4 Å². The zero-order valence-corrected chi connectivity index (χ0v) is 10.2. The molecule has 0 radical (unpaired) electrons. The minimum absolute atomic E-state index is 0.184. The third-order valence-corrected chi connectivity index (χ3v) is 2.63. The van der Waals surface area contributed by atoms with Crippen molar-refractivity contribution in [2.75, 3.05) is 12.8 Å². The summed E-state index contributed by atoms with van der Waals surface area (Å²) in [7, 11) is 1.62. The summed E-state index contributed by atoms with van der Waals surface area (Å²) in [5.41, 5.74) is 7.77. The van der Waals surface area contributed by atoms with Crippen LogP contribution in [-0.2, 0) is 0 Å². The van der Waals surface area contributed by atoms with Gasteiger partial charge in [0.05, 0.1) is 12.7 Å². The SMILES string of the molecule is COc1ccc(-c2ncc(C=O)c(N)n2)cc1C. The standard InChI is InChI=1S/C13H13N3O2/c1-8-5-9(3-4-11(8)18-2)13-15-6-10(7-17)12(14)16-13/h3-7H,1-2H3,(H2,14,15,16). The number of nitrogen functional groups attached to an aromatic ring is 1. The molecule has 18 heavy (non-hydrogen) atoms. The van der Waals surface area contributed by atoms with Gasteiger partial charge in [-0.05, 0) is 30.7 Å². The van der Waals surface area contributed by atoms with Crippen LogP contribution in [0.2, 0.25) is 0 Å². The molecule has 0 atom stereocenters. The molecule has 5 heteroatoms. The summed E-state index contributed by atoms with van der Waals surface area (Å²) >= 11 is 0. The second-order valence-electron chi connectivity index (χ2n) is 3.84. The van der Waals surface area contributed by atoms with Gasteiger partial charge < -0.3 is 10.5 Å². The summed E-state index contributed by atoms with van der Waals surface area (Å²) in [6.45, 7) is 1.94. The van der Waals surface area contributed by atoms with Crippen molar-refractivity contribution in [1.29, 1.82) is 0 Å². The van der Waals surface area contributed by atoms with Crippen LogP contribution in [0.4, 0.5) is 5.82 Å². The Balaban J connectivity index is 2.45. The molecule has 2 aromatic rings. The van der Waals surface area contributed by atoms with Crippen LogP contribution in [0.3, 0.4) is 0 Å². The molecule has 1 aromatic heterocycles. The second-order valence-corrected chi connectivity index (χ2v) is 3.84. The minimum Gasteiger partial charge on any atom is -0.496 e. The van der Waals surface area contributed by atoms with Gasteiger partial charge in [0.2, 0.25) is 0 Å². The van der Waals surface area contributed by atoms with Crippen LogP contribution in [0, 0.1) is 6.92 Å². The van der Waals surface area contributed by atoms with Crippen molar-refractivity contribution in [1.82, 2.24) is 9.97 Å². The number of rotatable bonds is 3. The molecule has 0 aliphatic carbocycles. The molecule has 2 N–H and O–H groups in total. The largest absolute Gasteiger partial charge is 0.496 e. The second kappa shape index (κ2) is 4.83. The lowest BCUT2D eigenvalue weighted by molar-refractivity contribution is 0.112. The van der Waals surface area contributed by atoms with Crippen LogP contribution in [0.1, 0.15) is 15.9 Å². The van der Waals surface area contributed by atoms with E-state index >= 15 is 0 Å². The van der Waals surface area contributed by atoms with Crippen molar-refractivity contribution in [3.8, 4) is 17.1 Å². The van der Waals surface area contributed by atoms with Crippen LogP contribution in [-0.4, -0.2) is 23.4 Å². The van der Waals surface area contributed by atoms with Gasteiger partial charge in [-0.15, -0.1) is 0 Å². The van der Waals surface area contributed by atoms with Gasteiger partial charge in [0.1, 0.15) is 11.6 Å². The van der Waals surface area contributed by atoms with Gasteiger partial charge in [0.15, 0.2) is 12.1 Å². The van der Waals surface area contributed by atoms with E-state index in [2.05, 4.69) is 9.97 Å². The number of nitrogens with zero attached hydrogens (tertiary/aromatic N) is 2. The maximum absolute atomic E-state index is 10.6. The summed E-state index contributed by atoms with van der Waals surface area (Å²) in [5.74, 6) is 1.48. The molecule has 1 heterocycles. The van der Waals surface area contributed by atoms with Gasteiger partial charge in [0, 0.05) is 11.8 Å². The first-order chi connectivity index (χ1) is 8.65. The number of aldehydes is 1. The molecule has 0 aliphatic heterocycles. The van der Waals surface area contributed by atoms with E-state index in [1.165, 1.54) is 6.20 Å². The van der Waals surface area contributed by atoms with Crippen molar-refractivity contribution in [3.63, 3.8) is 0 Å². The van der Waals surface area contributed by atoms with E-state index in [1.807, 2.05) is 25.1 Å². The predicted molar refractivity (Wildman–Crippen MR) is 68.6 cm³/mol. The Bertz CT molecular complexity index is 597. The Kier molecular flexibility index (Phi) is 3.23. The number of aryl methyl sites for hydroxylation is 1. The molecule has 1 aromatic carbocycles. The van der Waals surface area contributed by atoms with Crippen LogP contribution >= 0.6 is 0 Å². The number of aromatic nitrogens is 2. The summed E-state index contributed by atoms with van der Waals surface area (Å²) in [6, 6.07) is 5.60. The summed E-state index contributed by atoms with van der Waals surface area (Å²) < 4.78 is 5.18. The number of benzene rings is 1. The molecule has 0 unspecified atom stereocenters. The maximum Gasteiger partial charge on any atom is 0.161 e. The monoisotopic (exact) mass is 243 g/mol. The lowest BCUT2D eigenvalue weighted by atomic mass is 10.1. The van der Waals surface area contributed by atoms with Crippen LogP contribution in [0.5, 0.6) is 5.75 Å². The Morgan fingerprint density at radius 3 is 2.72 bits per heavy atom. The van der Waals surface area contributed by atoms with Gasteiger partial charge >= 0.3 is 0 Å². The zero-order valence-electron chi connectivity index (χ0n) is 10.2. The third-order valence-electron chi connectivity index (χ3n) is 2.63. The molecular weight excluding hydrogens is 230 g/mol. The van der Waals surface area contributed by atoms with E-state index < -0.39 is 0 Å². The number of carbonyl (C=O) groups is 1. The molecule has 0 amide bonds. The highest BCUT2D eigenvalue weighted by atomic mass is 16.5. The van der Waals surface area contributed by atoms with Crippen LogP contribution in [0.15, 0.2) is 24.4 Å². The number of hydrogen-bond acceptors (Lipinski definition) is 5. The average Bonchev–Trinajstić information content (AvgIpc) is 2.38. The molecule has 5 nitrogen and oxygen atoms in total. The first-order valence-electron chi connectivity index (χ1n) is 5.38. The van der Waals surface area contributed by atoms with Gasteiger partial charge in [-0.25, -0.2) is 9.97 Å². The zero-order chi connectivity index (χ0) is 13.1. The predicted octanol–water partition coefficient (Wildman–Crippen LogP) is 1.86. The summed E-state index contributed by atoms with van der Waals surface area (Å²) in [5, 5.41) is 0. The number of anilines is 1. The van der Waals surface area contributed by atoms with E-state index in [-0.39, 0.29) is 5.82 Å². The number of methoxy groups -OCH3 is 1. The molecule has 0 spiro atoms. The molecule has 0 aliphatic rings. The minimum atomic E-state index is 0.184. The van der Waals surface area contributed by atoms with Crippen molar-refractivity contribution < 1.29 is 9.53 Å². The molecule has 0 fully saturated rings. The van der Waals surface area contributed by atoms with E-state index in [4.69, 9.17) is 10.5 Å². The first kappa shape index (κ1) is 12.0. The highest BCUT2D eigenvalue weighted by Gasteiger charge is 2.07. The number of carbonyl (C=O) groups excluding carboxylic acids is 1. The summed E-state index contributed by atoms with van der Waals surface area (Å²) in [6.07, 6.45) is 2.06. The number of ether oxygens (including phenoxy) is 1. The lowest BCUT2D eigenvalue weighted by Gasteiger charge is -2.07. The van der Waals surface area contributed by atoms with Crippen molar-refractivity contribution >= 4 is 12.1 Å². The van der Waals surface area contributed by atoms with Crippen molar-refractivity contribution in [3.05, 3.63) is 35.5 Å². The number of nitrogens with two attached hydrogens (primary N) is 1. The van der Waals surface area contributed by atoms with Gasteiger partial charge in [-0.2, -0.15) is 0 Å². The highest BCUT2D eigenvalue weighted by molar-refractivity contribution is 5.81. The summed E-state index contributed by atoms with van der Waals surface area (Å²) in [4.78, 5) is 18.9. The smallest absolute Gasteiger partial charge is 0.161 e. The fourth-order valence-corrected chi connectivity index (χ4v) is 1.65. The van der Waals surface area contributed by atoms with E-state index in [0.29, 0.717) is 17.7 Å². The Labute approximate surface area is 105 Å². The molecule has 0 saturated heterocycles. The Hall–Kier alpha value is -2.43. The van der Waals surface area contributed by atoms with Gasteiger partial charge in [-0.1, -0.05) is 0 Å². The molecule has 0 saturated carbocycles. The molecule has 92 valence electrons. The van der Waals surface area contributed by atoms with Crippen molar-refractivity contribution in [2.45, 2.75) is 6.92 Å². The number of hydrogen-bond donors (Lipinski definition) is 1. The Morgan fingerprint density at radius 2 is 2.17 bits per heavy atom. The fourth-order valence-electron chi connectivity index (χ4n) is 1.65. The highest BCUT2D eigenvalue weighted by Crippen LogP contribution is 2.24. The van der Waals surface area contributed by atoms with Crippen molar-refractivity contribution in [2.24, 2.45) is 0 Å². The Morgan fingerprint density at radius 1 is 1.39 bits per heavy atom. The van der Waals surface area contributed by atoms with Gasteiger partial charge in [0.25, 0.3) is 0 Å². The molecule has 2 rings (SSSR count).